The van der Waals surface area contributed by atoms with E-state index >= 15 is 0 Å². The summed E-state index contributed by atoms with van der Waals surface area (Å²) in [5.41, 5.74) is 1.01. The van der Waals surface area contributed by atoms with Crippen LogP contribution in [0, 0.1) is 5.92 Å². The molecule has 0 radical (unpaired) electrons. The molecule has 1 saturated heterocycles. The van der Waals surface area contributed by atoms with Crippen molar-refractivity contribution in [2.45, 2.75) is 19.4 Å². The number of benzene rings is 1. The van der Waals surface area contributed by atoms with Crippen LogP contribution in [0.4, 0.5) is 0 Å². The van der Waals surface area contributed by atoms with Gasteiger partial charge in [-0.15, -0.1) is 0 Å². The number of nitrogens with one attached hydrogen (secondary N) is 1. The van der Waals surface area contributed by atoms with E-state index in [1.165, 1.54) is 7.11 Å². The fraction of sp³-hybridized carbons (Fsp3) is 0.529. The third-order valence-electron chi connectivity index (χ3n) is 4.23. The quantitative estimate of drug-likeness (QED) is 0.511. The average Bonchev–Trinajstić information content (AvgIpc) is 2.62. The summed E-state index contributed by atoms with van der Waals surface area (Å²) >= 11 is 5.99. The van der Waals surface area contributed by atoms with E-state index in [1.807, 2.05) is 12.1 Å². The second kappa shape index (κ2) is 8.78. The Balaban J connectivity index is 1.93. The van der Waals surface area contributed by atoms with E-state index in [1.54, 1.807) is 20.2 Å². The summed E-state index contributed by atoms with van der Waals surface area (Å²) in [6.45, 7) is 2.14. The minimum atomic E-state index is -0.122. The average molecular weight is 354 g/mol. The third-order valence-corrected chi connectivity index (χ3v) is 4.46. The van der Waals surface area contributed by atoms with Crippen LogP contribution in [0.5, 0.6) is 5.75 Å². The number of hydrogen-bond donors (Lipinski definition) is 1. The lowest BCUT2D eigenvalue weighted by molar-refractivity contribution is -0.146. The smallest absolute Gasteiger partial charge is 0.308 e. The highest BCUT2D eigenvalue weighted by molar-refractivity contribution is 6.30. The van der Waals surface area contributed by atoms with Crippen molar-refractivity contribution in [1.82, 2.24) is 10.2 Å². The molecule has 2 rings (SSSR count). The number of aliphatic imine (C=N–C) groups is 1. The number of hydrogen-bond acceptors (Lipinski definition) is 4. The highest BCUT2D eigenvalue weighted by Crippen LogP contribution is 2.23. The van der Waals surface area contributed by atoms with E-state index in [0.29, 0.717) is 11.6 Å². The number of halogens is 1. The van der Waals surface area contributed by atoms with Gasteiger partial charge in [-0.05, 0) is 25.0 Å². The number of esters is 1. The van der Waals surface area contributed by atoms with Crippen LogP contribution in [0.25, 0.3) is 0 Å². The number of nitrogens with zero attached hydrogens (tertiary/aromatic N) is 2. The minimum Gasteiger partial charge on any atom is -0.496 e. The van der Waals surface area contributed by atoms with Gasteiger partial charge < -0.3 is 19.7 Å². The molecule has 6 nitrogen and oxygen atoms in total. The Morgan fingerprint density at radius 1 is 1.38 bits per heavy atom. The van der Waals surface area contributed by atoms with Crippen molar-refractivity contribution in [2.75, 3.05) is 34.4 Å². The van der Waals surface area contributed by atoms with Gasteiger partial charge in [0.2, 0.25) is 0 Å². The van der Waals surface area contributed by atoms with Crippen LogP contribution >= 0.6 is 11.6 Å². The summed E-state index contributed by atoms with van der Waals surface area (Å²) in [5.74, 6) is 1.43. The first-order valence-corrected chi connectivity index (χ1v) is 8.32. The lowest BCUT2D eigenvalue weighted by Gasteiger charge is -2.33. The monoisotopic (exact) mass is 353 g/mol. The lowest BCUT2D eigenvalue weighted by atomic mass is 9.97. The van der Waals surface area contributed by atoms with Crippen molar-refractivity contribution in [3.05, 3.63) is 28.8 Å². The van der Waals surface area contributed by atoms with Crippen LogP contribution in [-0.4, -0.2) is 51.2 Å². The molecule has 1 heterocycles. The third kappa shape index (κ3) is 4.54. The van der Waals surface area contributed by atoms with Crippen LogP contribution in [0.1, 0.15) is 18.4 Å². The van der Waals surface area contributed by atoms with E-state index in [2.05, 4.69) is 15.2 Å². The van der Waals surface area contributed by atoms with Crippen LogP contribution in [0.15, 0.2) is 23.2 Å². The SMILES string of the molecule is CN=C(NCc1ccc(Cl)cc1OC)N1CCC(C(=O)OC)CC1. The molecule has 1 aliphatic heterocycles. The van der Waals surface area contributed by atoms with Crippen LogP contribution in [-0.2, 0) is 16.1 Å². The van der Waals surface area contributed by atoms with Gasteiger partial charge in [0.05, 0.1) is 20.1 Å². The Morgan fingerprint density at radius 3 is 2.67 bits per heavy atom. The Hall–Kier alpha value is -1.95. The van der Waals surface area contributed by atoms with Gasteiger partial charge in [0.15, 0.2) is 5.96 Å². The normalized spacial score (nSPS) is 16.0. The van der Waals surface area contributed by atoms with Gasteiger partial charge in [-0.1, -0.05) is 17.7 Å². The van der Waals surface area contributed by atoms with E-state index in [9.17, 15) is 4.79 Å². The second-order valence-electron chi connectivity index (χ2n) is 5.64. The van der Waals surface area contributed by atoms with Crippen LogP contribution < -0.4 is 10.1 Å². The number of piperidine rings is 1. The highest BCUT2D eigenvalue weighted by atomic mass is 35.5. The van der Waals surface area contributed by atoms with Crippen molar-refractivity contribution in [3.8, 4) is 5.75 Å². The molecule has 1 aliphatic rings. The first-order valence-electron chi connectivity index (χ1n) is 7.95. The maximum Gasteiger partial charge on any atom is 0.308 e. The summed E-state index contributed by atoms with van der Waals surface area (Å²) in [6, 6.07) is 5.57. The molecule has 1 fully saturated rings. The van der Waals surface area contributed by atoms with E-state index in [-0.39, 0.29) is 11.9 Å². The van der Waals surface area contributed by atoms with Crippen molar-refractivity contribution in [1.29, 1.82) is 0 Å². The predicted molar refractivity (Wildman–Crippen MR) is 94.5 cm³/mol. The summed E-state index contributed by atoms with van der Waals surface area (Å²) in [6.07, 6.45) is 1.55. The molecule has 7 heteroatoms. The highest BCUT2D eigenvalue weighted by Gasteiger charge is 2.26. The summed E-state index contributed by atoms with van der Waals surface area (Å²) in [5, 5.41) is 3.99. The van der Waals surface area contributed by atoms with Gasteiger partial charge in [0, 0.05) is 37.3 Å². The lowest BCUT2D eigenvalue weighted by Crippen LogP contribution is -2.46. The zero-order valence-corrected chi connectivity index (χ0v) is 15.1. The summed E-state index contributed by atoms with van der Waals surface area (Å²) < 4.78 is 10.2. The molecule has 24 heavy (non-hydrogen) atoms. The maximum atomic E-state index is 11.6. The number of guanidine groups is 1. The Morgan fingerprint density at radius 2 is 2.08 bits per heavy atom. The number of carbonyl (C=O) groups is 1. The van der Waals surface area contributed by atoms with Crippen LogP contribution in [0.2, 0.25) is 5.02 Å². The first-order chi connectivity index (χ1) is 11.6. The zero-order valence-electron chi connectivity index (χ0n) is 14.3. The fourth-order valence-electron chi connectivity index (χ4n) is 2.86. The van der Waals surface area contributed by atoms with Gasteiger partial charge in [-0.3, -0.25) is 9.79 Å². The van der Waals surface area contributed by atoms with Crippen molar-refractivity contribution in [2.24, 2.45) is 10.9 Å². The first kappa shape index (κ1) is 18.4. The predicted octanol–water partition coefficient (Wildman–Crippen LogP) is 2.31. The topological polar surface area (TPSA) is 63.2 Å². The molecule has 1 aromatic rings. The molecule has 0 bridgehead atoms. The molecule has 0 spiro atoms. The largest absolute Gasteiger partial charge is 0.496 e. The van der Waals surface area contributed by atoms with Gasteiger partial charge in [0.1, 0.15) is 5.75 Å². The number of likely N-dealkylation sites (tertiary alicyclic amines) is 1. The molecule has 0 aliphatic carbocycles. The molecule has 0 amide bonds. The van der Waals surface area contributed by atoms with Gasteiger partial charge in [0.25, 0.3) is 0 Å². The maximum absolute atomic E-state index is 11.6. The summed E-state index contributed by atoms with van der Waals surface area (Å²) in [7, 11) is 4.82. The second-order valence-corrected chi connectivity index (χ2v) is 6.08. The molecule has 0 saturated carbocycles. The molecule has 1 N–H and O–H groups in total. The van der Waals surface area contributed by atoms with Gasteiger partial charge in [-0.25, -0.2) is 0 Å². The van der Waals surface area contributed by atoms with Crippen molar-refractivity contribution < 1.29 is 14.3 Å². The van der Waals surface area contributed by atoms with Gasteiger partial charge in [-0.2, -0.15) is 0 Å². The Kier molecular flexibility index (Phi) is 6.73. The molecular weight excluding hydrogens is 330 g/mol. The van der Waals surface area contributed by atoms with Crippen molar-refractivity contribution >= 4 is 23.5 Å². The molecule has 0 aromatic heterocycles. The van der Waals surface area contributed by atoms with Crippen molar-refractivity contribution in [3.63, 3.8) is 0 Å². The number of ether oxygens (including phenoxy) is 2. The van der Waals surface area contributed by atoms with Crippen LogP contribution in [0.3, 0.4) is 0 Å². The molecule has 0 unspecified atom stereocenters. The molecule has 1 aromatic carbocycles. The Bertz CT molecular complexity index is 599. The summed E-state index contributed by atoms with van der Waals surface area (Å²) in [4.78, 5) is 18.1. The Labute approximate surface area is 147 Å². The van der Waals surface area contributed by atoms with E-state index in [0.717, 1.165) is 43.2 Å². The number of carbonyl (C=O) groups excluding carboxylic acids is 1. The zero-order chi connectivity index (χ0) is 17.5. The molecule has 0 atom stereocenters. The molecule has 132 valence electrons. The fourth-order valence-corrected chi connectivity index (χ4v) is 3.03. The van der Waals surface area contributed by atoms with Gasteiger partial charge >= 0.3 is 5.97 Å². The standard InChI is InChI=1S/C17H24ClN3O3/c1-19-17(21-8-6-12(7-9-21)16(22)24-3)20-11-13-4-5-14(18)10-15(13)23-2/h4-5,10,12H,6-9,11H2,1-3H3,(H,19,20). The van der Waals surface area contributed by atoms with E-state index < -0.39 is 0 Å². The number of rotatable bonds is 4. The minimum absolute atomic E-state index is 0.0132. The number of methoxy groups -OCH3 is 2. The molecular formula is C17H24ClN3O3. The van der Waals surface area contributed by atoms with E-state index in [4.69, 9.17) is 21.1 Å².